The summed E-state index contributed by atoms with van der Waals surface area (Å²) in [5, 5.41) is 0. The molecule has 116 valence electrons. The van der Waals surface area contributed by atoms with Crippen molar-refractivity contribution in [3.8, 4) is 16.9 Å². The van der Waals surface area contributed by atoms with Crippen LogP contribution in [0.1, 0.15) is 21.5 Å². The first-order valence-electron chi connectivity index (χ1n) is 7.87. The SMILES string of the molecule is COc1ccc(C(=O)C=C2c3ccccc3-c3ccccc32)cc1. The Bertz CT molecular complexity index is 902. The molecule has 2 nitrogen and oxygen atoms in total. The van der Waals surface area contributed by atoms with Gasteiger partial charge in [-0.05, 0) is 58.2 Å². The Morgan fingerprint density at radius 2 is 1.25 bits per heavy atom. The molecule has 0 spiro atoms. The fraction of sp³-hybridized carbons (Fsp3) is 0.0455. The van der Waals surface area contributed by atoms with Crippen molar-refractivity contribution in [1.82, 2.24) is 0 Å². The lowest BCUT2D eigenvalue weighted by molar-refractivity contribution is 0.104. The van der Waals surface area contributed by atoms with Crippen molar-refractivity contribution in [2.45, 2.75) is 0 Å². The van der Waals surface area contributed by atoms with Crippen LogP contribution in [0.2, 0.25) is 0 Å². The van der Waals surface area contributed by atoms with Crippen LogP contribution in [0.3, 0.4) is 0 Å². The van der Waals surface area contributed by atoms with Crippen LogP contribution in [0.25, 0.3) is 16.7 Å². The molecule has 0 atom stereocenters. The molecule has 4 rings (SSSR count). The quantitative estimate of drug-likeness (QED) is 0.393. The number of allylic oxidation sites excluding steroid dienone is 1. The van der Waals surface area contributed by atoms with Gasteiger partial charge in [0, 0.05) is 5.56 Å². The molecule has 1 aliphatic rings. The van der Waals surface area contributed by atoms with E-state index < -0.39 is 0 Å². The van der Waals surface area contributed by atoms with Gasteiger partial charge in [-0.2, -0.15) is 0 Å². The van der Waals surface area contributed by atoms with Crippen LogP contribution in [0.15, 0.2) is 78.9 Å². The fourth-order valence-corrected chi connectivity index (χ4v) is 3.18. The minimum Gasteiger partial charge on any atom is -0.497 e. The third kappa shape index (κ3) is 2.33. The summed E-state index contributed by atoms with van der Waals surface area (Å²) in [4.78, 5) is 12.7. The molecule has 3 aromatic carbocycles. The number of methoxy groups -OCH3 is 1. The lowest BCUT2D eigenvalue weighted by Crippen LogP contribution is -1.96. The highest BCUT2D eigenvalue weighted by atomic mass is 16.5. The number of fused-ring (bicyclic) bond motifs is 3. The molecular formula is C22H16O2. The van der Waals surface area contributed by atoms with Crippen LogP contribution >= 0.6 is 0 Å². The van der Waals surface area contributed by atoms with Crippen LogP contribution in [-0.4, -0.2) is 12.9 Å². The second-order valence-electron chi connectivity index (χ2n) is 5.74. The molecule has 3 aromatic rings. The molecule has 0 saturated heterocycles. The van der Waals surface area contributed by atoms with E-state index in [4.69, 9.17) is 4.74 Å². The molecule has 0 heterocycles. The molecule has 0 amide bonds. The first-order valence-corrected chi connectivity index (χ1v) is 7.87. The molecule has 0 bridgehead atoms. The number of carbonyl (C=O) groups excluding carboxylic acids is 1. The van der Waals surface area contributed by atoms with Crippen molar-refractivity contribution in [3.63, 3.8) is 0 Å². The monoisotopic (exact) mass is 312 g/mol. The van der Waals surface area contributed by atoms with Crippen LogP contribution in [0, 0.1) is 0 Å². The number of rotatable bonds is 3. The zero-order valence-corrected chi connectivity index (χ0v) is 13.3. The highest BCUT2D eigenvalue weighted by Crippen LogP contribution is 2.43. The average molecular weight is 312 g/mol. The van der Waals surface area contributed by atoms with E-state index in [2.05, 4.69) is 24.3 Å². The molecule has 0 aromatic heterocycles. The van der Waals surface area contributed by atoms with Gasteiger partial charge in [0.25, 0.3) is 0 Å². The Morgan fingerprint density at radius 1 is 0.750 bits per heavy atom. The van der Waals surface area contributed by atoms with Crippen molar-refractivity contribution < 1.29 is 9.53 Å². The number of hydrogen-bond acceptors (Lipinski definition) is 2. The van der Waals surface area contributed by atoms with E-state index in [-0.39, 0.29) is 5.78 Å². The number of benzene rings is 3. The predicted molar refractivity (Wildman–Crippen MR) is 96.3 cm³/mol. The van der Waals surface area contributed by atoms with E-state index in [1.54, 1.807) is 25.3 Å². The standard InChI is InChI=1S/C22H16O2/c1-24-16-12-10-15(11-13-16)22(23)14-21-19-8-4-2-6-17(19)18-7-3-5-9-20(18)21/h2-14H,1H3. The van der Waals surface area contributed by atoms with E-state index in [0.717, 1.165) is 22.4 Å². The van der Waals surface area contributed by atoms with Gasteiger partial charge < -0.3 is 4.74 Å². The molecule has 0 radical (unpaired) electrons. The van der Waals surface area contributed by atoms with Gasteiger partial charge in [-0.1, -0.05) is 48.5 Å². The van der Waals surface area contributed by atoms with Crippen LogP contribution in [-0.2, 0) is 0 Å². The van der Waals surface area contributed by atoms with Gasteiger partial charge in [0.05, 0.1) is 7.11 Å². The normalized spacial score (nSPS) is 11.6. The zero-order valence-electron chi connectivity index (χ0n) is 13.3. The molecule has 0 aliphatic heterocycles. The van der Waals surface area contributed by atoms with Crippen molar-refractivity contribution in [1.29, 1.82) is 0 Å². The Labute approximate surface area is 141 Å². The van der Waals surface area contributed by atoms with E-state index in [0.29, 0.717) is 5.56 Å². The van der Waals surface area contributed by atoms with Gasteiger partial charge in [0.15, 0.2) is 5.78 Å². The predicted octanol–water partition coefficient (Wildman–Crippen LogP) is 4.99. The lowest BCUT2D eigenvalue weighted by Gasteiger charge is -2.04. The van der Waals surface area contributed by atoms with E-state index in [1.807, 2.05) is 36.4 Å². The van der Waals surface area contributed by atoms with Gasteiger partial charge in [-0.15, -0.1) is 0 Å². The van der Waals surface area contributed by atoms with Crippen LogP contribution < -0.4 is 4.74 Å². The largest absolute Gasteiger partial charge is 0.497 e. The second kappa shape index (κ2) is 5.82. The molecule has 24 heavy (non-hydrogen) atoms. The van der Waals surface area contributed by atoms with Gasteiger partial charge in [0.2, 0.25) is 0 Å². The van der Waals surface area contributed by atoms with Gasteiger partial charge >= 0.3 is 0 Å². The summed E-state index contributed by atoms with van der Waals surface area (Å²) in [7, 11) is 1.62. The highest BCUT2D eigenvalue weighted by Gasteiger charge is 2.23. The van der Waals surface area contributed by atoms with Crippen molar-refractivity contribution in [2.24, 2.45) is 0 Å². The summed E-state index contributed by atoms with van der Waals surface area (Å²) in [6.45, 7) is 0. The van der Waals surface area contributed by atoms with E-state index >= 15 is 0 Å². The highest BCUT2D eigenvalue weighted by molar-refractivity contribution is 6.14. The second-order valence-corrected chi connectivity index (χ2v) is 5.74. The summed E-state index contributed by atoms with van der Waals surface area (Å²) in [6, 6.07) is 23.6. The molecule has 1 aliphatic carbocycles. The maximum absolute atomic E-state index is 12.7. The summed E-state index contributed by atoms with van der Waals surface area (Å²) in [5.41, 5.74) is 6.23. The summed E-state index contributed by atoms with van der Waals surface area (Å²) in [6.07, 6.45) is 1.74. The fourth-order valence-electron chi connectivity index (χ4n) is 3.18. The first kappa shape index (κ1) is 14.5. The van der Waals surface area contributed by atoms with Crippen molar-refractivity contribution >= 4 is 11.4 Å². The first-order chi connectivity index (χ1) is 11.8. The lowest BCUT2D eigenvalue weighted by atomic mass is 10.0. The number of ketones is 1. The molecule has 0 saturated carbocycles. The third-order valence-corrected chi connectivity index (χ3v) is 4.37. The number of ether oxygens (including phenoxy) is 1. The van der Waals surface area contributed by atoms with Crippen molar-refractivity contribution in [2.75, 3.05) is 7.11 Å². The van der Waals surface area contributed by atoms with Crippen LogP contribution in [0.4, 0.5) is 0 Å². The van der Waals surface area contributed by atoms with Crippen molar-refractivity contribution in [3.05, 3.63) is 95.6 Å². The topological polar surface area (TPSA) is 26.3 Å². The summed E-state index contributed by atoms with van der Waals surface area (Å²) in [5.74, 6) is 0.745. The maximum Gasteiger partial charge on any atom is 0.186 e. The molecular weight excluding hydrogens is 296 g/mol. The molecule has 0 N–H and O–H groups in total. The Morgan fingerprint density at radius 3 is 1.75 bits per heavy atom. The van der Waals surface area contributed by atoms with Gasteiger partial charge in [-0.3, -0.25) is 4.79 Å². The Kier molecular flexibility index (Phi) is 3.51. The average Bonchev–Trinajstić information content (AvgIpc) is 2.96. The number of hydrogen-bond donors (Lipinski definition) is 0. The smallest absolute Gasteiger partial charge is 0.186 e. The van der Waals surface area contributed by atoms with E-state index in [9.17, 15) is 4.79 Å². The van der Waals surface area contributed by atoms with Gasteiger partial charge in [-0.25, -0.2) is 0 Å². The summed E-state index contributed by atoms with van der Waals surface area (Å²) >= 11 is 0. The molecule has 0 fully saturated rings. The maximum atomic E-state index is 12.7. The Balaban J connectivity index is 1.80. The molecule has 2 heteroatoms. The zero-order chi connectivity index (χ0) is 16.5. The molecule has 0 unspecified atom stereocenters. The summed E-state index contributed by atoms with van der Waals surface area (Å²) < 4.78 is 5.15. The number of carbonyl (C=O) groups is 1. The van der Waals surface area contributed by atoms with E-state index in [1.165, 1.54) is 11.1 Å². The minimum atomic E-state index is -0.000779. The minimum absolute atomic E-state index is 0.000779. The Hall–Kier alpha value is -3.13. The van der Waals surface area contributed by atoms with Crippen LogP contribution in [0.5, 0.6) is 5.75 Å². The third-order valence-electron chi connectivity index (χ3n) is 4.37. The van der Waals surface area contributed by atoms with Gasteiger partial charge in [0.1, 0.15) is 5.75 Å².